The molecule has 6 heteroatoms. The van der Waals surface area contributed by atoms with Gasteiger partial charge in [-0.3, -0.25) is 4.90 Å². The van der Waals surface area contributed by atoms with Gasteiger partial charge in [0.1, 0.15) is 0 Å². The maximum atomic E-state index is 11.4. The van der Waals surface area contributed by atoms with Crippen LogP contribution < -0.4 is 0 Å². The molecule has 0 bridgehead atoms. The number of hydrogen-bond donors (Lipinski definition) is 1. The van der Waals surface area contributed by atoms with E-state index in [1.807, 2.05) is 5.38 Å². The fourth-order valence-corrected chi connectivity index (χ4v) is 2.55. The van der Waals surface area contributed by atoms with Gasteiger partial charge in [-0.2, -0.15) is 0 Å². The van der Waals surface area contributed by atoms with Crippen LogP contribution in [-0.2, 0) is 11.3 Å². The first kappa shape index (κ1) is 12.5. The van der Waals surface area contributed by atoms with Crippen LogP contribution in [0.2, 0.25) is 0 Å². The van der Waals surface area contributed by atoms with Gasteiger partial charge in [-0.25, -0.2) is 9.78 Å². The number of rotatable bonds is 4. The van der Waals surface area contributed by atoms with Crippen LogP contribution in [0.5, 0.6) is 0 Å². The molecule has 1 aliphatic heterocycles. The molecule has 1 fully saturated rings. The van der Waals surface area contributed by atoms with Gasteiger partial charge in [0.05, 0.1) is 18.4 Å². The highest BCUT2D eigenvalue weighted by Gasteiger charge is 2.21. The van der Waals surface area contributed by atoms with E-state index in [9.17, 15) is 9.90 Å². The van der Waals surface area contributed by atoms with Gasteiger partial charge in [0.15, 0.2) is 0 Å². The normalized spacial score (nSPS) is 20.7. The second kappa shape index (κ2) is 5.57. The van der Waals surface area contributed by atoms with Crippen LogP contribution in [-0.4, -0.2) is 46.8 Å². The molecular formula is C11H16N2O3S. The van der Waals surface area contributed by atoms with E-state index in [0.717, 1.165) is 18.7 Å². The summed E-state index contributed by atoms with van der Waals surface area (Å²) in [5.74, 6) is -0.356. The minimum Gasteiger partial charge on any atom is -0.461 e. The number of β-amino-alcohol motifs (C(OH)–C–C–N with tert-alkyl or cyclic N) is 1. The summed E-state index contributed by atoms with van der Waals surface area (Å²) in [6.45, 7) is 4.40. The molecule has 1 saturated heterocycles. The molecule has 1 atom stereocenters. The van der Waals surface area contributed by atoms with Crippen LogP contribution in [0.1, 0.15) is 28.8 Å². The zero-order valence-electron chi connectivity index (χ0n) is 9.76. The Hall–Kier alpha value is -0.980. The quantitative estimate of drug-likeness (QED) is 0.810. The van der Waals surface area contributed by atoms with E-state index >= 15 is 0 Å². The largest absolute Gasteiger partial charge is 0.461 e. The third kappa shape index (κ3) is 3.24. The molecule has 2 heterocycles. The first-order valence-electron chi connectivity index (χ1n) is 5.71. The number of aliphatic hydroxyl groups is 1. The summed E-state index contributed by atoms with van der Waals surface area (Å²) in [6, 6.07) is 0. The molecule has 1 aromatic rings. The molecule has 17 heavy (non-hydrogen) atoms. The minimum absolute atomic E-state index is 0.224. The topological polar surface area (TPSA) is 62.7 Å². The predicted molar refractivity (Wildman–Crippen MR) is 64.0 cm³/mol. The van der Waals surface area contributed by atoms with Crippen LogP contribution in [0.4, 0.5) is 0 Å². The molecule has 0 aliphatic carbocycles. The number of thiazole rings is 1. The second-order valence-electron chi connectivity index (χ2n) is 4.04. The Labute approximate surface area is 104 Å². The zero-order chi connectivity index (χ0) is 12.3. The van der Waals surface area contributed by atoms with Crippen LogP contribution in [0.15, 0.2) is 5.38 Å². The lowest BCUT2D eigenvalue weighted by molar-refractivity contribution is 0.0525. The molecule has 1 aromatic heterocycles. The van der Waals surface area contributed by atoms with Crippen molar-refractivity contribution < 1.29 is 14.6 Å². The summed E-state index contributed by atoms with van der Waals surface area (Å²) < 4.78 is 4.88. The van der Waals surface area contributed by atoms with Crippen molar-refractivity contribution in [1.82, 2.24) is 9.88 Å². The third-order valence-electron chi connectivity index (χ3n) is 2.63. The summed E-state index contributed by atoms with van der Waals surface area (Å²) >= 11 is 1.31. The van der Waals surface area contributed by atoms with Gasteiger partial charge < -0.3 is 9.84 Å². The number of aliphatic hydroxyl groups excluding tert-OH is 1. The molecule has 1 unspecified atom stereocenters. The SMILES string of the molecule is CCOC(=O)c1nc(CN2CCC(O)C2)cs1. The molecule has 0 aromatic carbocycles. The molecule has 1 aliphatic rings. The Morgan fingerprint density at radius 3 is 3.24 bits per heavy atom. The Morgan fingerprint density at radius 1 is 1.76 bits per heavy atom. The number of carbonyl (C=O) groups is 1. The Bertz CT molecular complexity index is 394. The minimum atomic E-state index is -0.356. The highest BCUT2D eigenvalue weighted by Crippen LogP contribution is 2.16. The number of hydrogen-bond acceptors (Lipinski definition) is 6. The average Bonchev–Trinajstić information content (AvgIpc) is 2.89. The Morgan fingerprint density at radius 2 is 2.59 bits per heavy atom. The number of esters is 1. The summed E-state index contributed by atoms with van der Waals surface area (Å²) in [7, 11) is 0. The van der Waals surface area contributed by atoms with E-state index in [0.29, 0.717) is 24.7 Å². The number of nitrogens with zero attached hydrogens (tertiary/aromatic N) is 2. The molecular weight excluding hydrogens is 240 g/mol. The van der Waals surface area contributed by atoms with E-state index in [2.05, 4.69) is 9.88 Å². The monoisotopic (exact) mass is 256 g/mol. The van der Waals surface area contributed by atoms with Gasteiger partial charge in [-0.15, -0.1) is 11.3 Å². The van der Waals surface area contributed by atoms with Crippen molar-refractivity contribution in [3.8, 4) is 0 Å². The van der Waals surface area contributed by atoms with Gasteiger partial charge in [0, 0.05) is 25.0 Å². The summed E-state index contributed by atoms with van der Waals surface area (Å²) in [6.07, 6.45) is 0.590. The molecule has 5 nitrogen and oxygen atoms in total. The van der Waals surface area contributed by atoms with Crippen molar-refractivity contribution in [2.75, 3.05) is 19.7 Å². The molecule has 0 amide bonds. The molecule has 94 valence electrons. The van der Waals surface area contributed by atoms with Gasteiger partial charge in [-0.1, -0.05) is 0 Å². The molecule has 0 radical (unpaired) electrons. The number of carbonyl (C=O) groups excluding carboxylic acids is 1. The summed E-state index contributed by atoms with van der Waals surface area (Å²) in [5, 5.41) is 11.7. The van der Waals surface area contributed by atoms with E-state index in [1.54, 1.807) is 6.92 Å². The zero-order valence-corrected chi connectivity index (χ0v) is 10.6. The third-order valence-corrected chi connectivity index (χ3v) is 3.51. The Kier molecular flexibility index (Phi) is 4.09. The van der Waals surface area contributed by atoms with Crippen molar-refractivity contribution in [3.63, 3.8) is 0 Å². The predicted octanol–water partition coefficient (Wildman–Crippen LogP) is 0.886. The average molecular weight is 256 g/mol. The van der Waals surface area contributed by atoms with E-state index in [-0.39, 0.29) is 12.1 Å². The lowest BCUT2D eigenvalue weighted by Crippen LogP contribution is -2.21. The fourth-order valence-electron chi connectivity index (χ4n) is 1.85. The van der Waals surface area contributed by atoms with E-state index in [4.69, 9.17) is 4.74 Å². The van der Waals surface area contributed by atoms with E-state index in [1.165, 1.54) is 11.3 Å². The van der Waals surface area contributed by atoms with Crippen LogP contribution in [0, 0.1) is 0 Å². The first-order valence-corrected chi connectivity index (χ1v) is 6.59. The van der Waals surface area contributed by atoms with E-state index < -0.39 is 0 Å². The maximum Gasteiger partial charge on any atom is 0.367 e. The summed E-state index contributed by atoms with van der Waals surface area (Å²) in [5.41, 5.74) is 0.868. The molecule has 0 saturated carbocycles. The van der Waals surface area contributed by atoms with Crippen LogP contribution in [0.25, 0.3) is 0 Å². The lowest BCUT2D eigenvalue weighted by atomic mass is 10.3. The van der Waals surface area contributed by atoms with Gasteiger partial charge >= 0.3 is 5.97 Å². The number of aromatic nitrogens is 1. The highest BCUT2D eigenvalue weighted by atomic mass is 32.1. The van der Waals surface area contributed by atoms with Gasteiger partial charge in [0.2, 0.25) is 5.01 Å². The maximum absolute atomic E-state index is 11.4. The van der Waals surface area contributed by atoms with Crippen molar-refractivity contribution in [3.05, 3.63) is 16.1 Å². The lowest BCUT2D eigenvalue weighted by Gasteiger charge is -2.12. The Balaban J connectivity index is 1.92. The molecule has 1 N–H and O–H groups in total. The number of likely N-dealkylation sites (tertiary alicyclic amines) is 1. The smallest absolute Gasteiger partial charge is 0.367 e. The molecule has 2 rings (SSSR count). The van der Waals surface area contributed by atoms with Crippen LogP contribution in [0.3, 0.4) is 0 Å². The highest BCUT2D eigenvalue weighted by molar-refractivity contribution is 7.11. The fraction of sp³-hybridized carbons (Fsp3) is 0.636. The summed E-state index contributed by atoms with van der Waals surface area (Å²) in [4.78, 5) is 17.8. The van der Waals surface area contributed by atoms with Crippen molar-refractivity contribution in [2.45, 2.75) is 26.0 Å². The van der Waals surface area contributed by atoms with Crippen molar-refractivity contribution >= 4 is 17.3 Å². The first-order chi connectivity index (χ1) is 8.19. The second-order valence-corrected chi connectivity index (χ2v) is 4.90. The van der Waals surface area contributed by atoms with Crippen molar-refractivity contribution in [1.29, 1.82) is 0 Å². The van der Waals surface area contributed by atoms with Crippen LogP contribution >= 0.6 is 11.3 Å². The van der Waals surface area contributed by atoms with Gasteiger partial charge in [0.25, 0.3) is 0 Å². The number of ether oxygens (including phenoxy) is 1. The van der Waals surface area contributed by atoms with Crippen molar-refractivity contribution in [2.24, 2.45) is 0 Å². The standard InChI is InChI=1S/C11H16N2O3S/c1-2-16-11(15)10-12-8(7-17-10)5-13-4-3-9(14)6-13/h7,9,14H,2-6H2,1H3. The van der Waals surface area contributed by atoms with Gasteiger partial charge in [-0.05, 0) is 13.3 Å². The molecule has 0 spiro atoms.